The van der Waals surface area contributed by atoms with Gasteiger partial charge in [0, 0.05) is 0 Å². The zero-order valence-electron chi connectivity index (χ0n) is 19.5. The minimum absolute atomic E-state index is 0.260. The molecule has 1 aliphatic heterocycles. The van der Waals surface area contributed by atoms with Crippen LogP contribution in [0.4, 0.5) is 4.79 Å². The summed E-state index contributed by atoms with van der Waals surface area (Å²) in [5.74, 6) is 1.65. The molecule has 1 spiro atoms. The third-order valence-corrected chi connectivity index (χ3v) is 7.08. The van der Waals surface area contributed by atoms with Gasteiger partial charge < -0.3 is 18.9 Å². The molecule has 5 heteroatoms. The number of rotatable bonds is 4. The number of benzene rings is 4. The maximum Gasteiger partial charge on any atom is 0.508 e. The number of hydrogen-bond acceptors (Lipinski definition) is 5. The van der Waals surface area contributed by atoms with Crippen LogP contribution in [0, 0.1) is 0 Å². The fourth-order valence-corrected chi connectivity index (χ4v) is 5.20. The Labute approximate surface area is 203 Å². The molecule has 1 heterocycles. The van der Waals surface area contributed by atoms with Crippen molar-refractivity contribution < 1.29 is 23.7 Å². The van der Waals surface area contributed by atoms with Gasteiger partial charge in [0.15, 0.2) is 0 Å². The van der Waals surface area contributed by atoms with Gasteiger partial charge in [-0.2, -0.15) is 0 Å². The van der Waals surface area contributed by atoms with E-state index in [0.717, 1.165) is 56.0 Å². The third kappa shape index (κ3) is 3.43. The summed E-state index contributed by atoms with van der Waals surface area (Å²) in [6, 6.07) is 29.1. The lowest BCUT2D eigenvalue weighted by Crippen LogP contribution is -2.42. The minimum Gasteiger partial charge on any atom is -0.497 e. The molecule has 1 saturated heterocycles. The molecule has 0 atom stereocenters. The Hall–Kier alpha value is -4.25. The maximum absolute atomic E-state index is 11.7. The first-order chi connectivity index (χ1) is 17.1. The molecule has 1 fully saturated rings. The molecule has 35 heavy (non-hydrogen) atoms. The number of carbonyl (C=O) groups is 1. The van der Waals surface area contributed by atoms with E-state index in [1.165, 1.54) is 0 Å². The van der Waals surface area contributed by atoms with Crippen LogP contribution in [-0.2, 0) is 14.9 Å². The summed E-state index contributed by atoms with van der Waals surface area (Å²) in [6.45, 7) is 0.519. The van der Waals surface area contributed by atoms with E-state index >= 15 is 0 Å². The highest BCUT2D eigenvalue weighted by Crippen LogP contribution is 2.52. The van der Waals surface area contributed by atoms with Crippen LogP contribution >= 0.6 is 0 Å². The highest BCUT2D eigenvalue weighted by molar-refractivity contribution is 5.88. The Morgan fingerprint density at radius 2 is 1.00 bits per heavy atom. The fraction of sp³-hybridized carbons (Fsp3) is 0.167. The molecular formula is C30H24O5. The minimum atomic E-state index is -0.615. The predicted octanol–water partition coefficient (Wildman–Crippen LogP) is 6.47. The van der Waals surface area contributed by atoms with Crippen LogP contribution < -0.4 is 9.47 Å². The molecular weight excluding hydrogens is 440 g/mol. The fourth-order valence-electron chi connectivity index (χ4n) is 5.20. The Bertz CT molecular complexity index is 1310. The van der Waals surface area contributed by atoms with Gasteiger partial charge in [0.25, 0.3) is 0 Å². The Kier molecular flexibility index (Phi) is 4.99. The normalized spacial score (nSPS) is 15.1. The molecule has 0 amide bonds. The van der Waals surface area contributed by atoms with E-state index in [0.29, 0.717) is 0 Å². The molecule has 0 unspecified atom stereocenters. The number of carbonyl (C=O) groups excluding carboxylic acids is 1. The van der Waals surface area contributed by atoms with Crippen LogP contribution in [0.5, 0.6) is 11.5 Å². The lowest BCUT2D eigenvalue weighted by Gasteiger charge is -2.34. The highest BCUT2D eigenvalue weighted by atomic mass is 16.7. The van der Waals surface area contributed by atoms with Crippen LogP contribution in [0.25, 0.3) is 33.4 Å². The van der Waals surface area contributed by atoms with E-state index in [1.807, 2.05) is 24.3 Å². The van der Waals surface area contributed by atoms with Crippen molar-refractivity contribution in [3.8, 4) is 44.9 Å². The second kappa shape index (κ2) is 8.20. The zero-order valence-corrected chi connectivity index (χ0v) is 19.5. The molecule has 0 saturated carbocycles. The van der Waals surface area contributed by atoms with Crippen LogP contribution in [0.1, 0.15) is 11.1 Å². The van der Waals surface area contributed by atoms with E-state index in [2.05, 4.69) is 60.7 Å². The number of hydrogen-bond donors (Lipinski definition) is 0. The van der Waals surface area contributed by atoms with Crippen molar-refractivity contribution >= 4 is 6.16 Å². The standard InChI is InChI=1S/C30H24O5/c1-32-23-9-3-19(4-10-23)21-7-13-27-25(15-21)26-16-22(20-5-11-24(33-2)12-6-20)8-14-28(26)30(27)17-34-29(31)35-18-30/h3-16H,17-18H2,1-2H3. The smallest absolute Gasteiger partial charge is 0.497 e. The van der Waals surface area contributed by atoms with E-state index in [9.17, 15) is 4.79 Å². The molecule has 0 aromatic heterocycles. The first-order valence-electron chi connectivity index (χ1n) is 11.5. The Balaban J connectivity index is 1.50. The van der Waals surface area contributed by atoms with Crippen molar-refractivity contribution in [3.05, 3.63) is 96.1 Å². The van der Waals surface area contributed by atoms with Crippen molar-refractivity contribution in [1.29, 1.82) is 0 Å². The molecule has 0 N–H and O–H groups in total. The summed E-state index contributed by atoms with van der Waals surface area (Å²) in [6.07, 6.45) is -0.615. The summed E-state index contributed by atoms with van der Waals surface area (Å²) >= 11 is 0. The van der Waals surface area contributed by atoms with Crippen molar-refractivity contribution in [2.45, 2.75) is 5.41 Å². The summed E-state index contributed by atoms with van der Waals surface area (Å²) < 4.78 is 21.5. The van der Waals surface area contributed by atoms with Gasteiger partial charge in [0.05, 0.1) is 19.6 Å². The summed E-state index contributed by atoms with van der Waals surface area (Å²) in [7, 11) is 3.33. The summed E-state index contributed by atoms with van der Waals surface area (Å²) in [4.78, 5) is 11.7. The Morgan fingerprint density at radius 1 is 0.600 bits per heavy atom. The van der Waals surface area contributed by atoms with Gasteiger partial charge in [0.1, 0.15) is 24.7 Å². The van der Waals surface area contributed by atoms with Crippen molar-refractivity contribution in [2.75, 3.05) is 27.4 Å². The van der Waals surface area contributed by atoms with Gasteiger partial charge in [0.2, 0.25) is 0 Å². The number of methoxy groups -OCH3 is 2. The van der Waals surface area contributed by atoms with Gasteiger partial charge >= 0.3 is 6.16 Å². The second-order valence-electron chi connectivity index (χ2n) is 8.89. The number of fused-ring (bicyclic) bond motifs is 5. The molecule has 0 bridgehead atoms. The Morgan fingerprint density at radius 3 is 1.40 bits per heavy atom. The largest absolute Gasteiger partial charge is 0.508 e. The highest BCUT2D eigenvalue weighted by Gasteiger charge is 2.48. The van der Waals surface area contributed by atoms with Gasteiger partial charge in [-0.3, -0.25) is 0 Å². The second-order valence-corrected chi connectivity index (χ2v) is 8.89. The molecule has 6 rings (SSSR count). The molecule has 4 aromatic rings. The van der Waals surface area contributed by atoms with Crippen LogP contribution in [-0.4, -0.2) is 33.6 Å². The average Bonchev–Trinajstić information content (AvgIpc) is 3.18. The van der Waals surface area contributed by atoms with Crippen LogP contribution in [0.3, 0.4) is 0 Å². The van der Waals surface area contributed by atoms with Crippen molar-refractivity contribution in [3.63, 3.8) is 0 Å². The predicted molar refractivity (Wildman–Crippen MR) is 134 cm³/mol. The van der Waals surface area contributed by atoms with Crippen molar-refractivity contribution in [1.82, 2.24) is 0 Å². The number of cyclic esters (lactones) is 2. The van der Waals surface area contributed by atoms with E-state index in [1.54, 1.807) is 14.2 Å². The molecule has 1 aliphatic carbocycles. The van der Waals surface area contributed by atoms with Gasteiger partial charge in [-0.1, -0.05) is 48.5 Å². The lowest BCUT2D eigenvalue weighted by atomic mass is 9.78. The van der Waals surface area contributed by atoms with Gasteiger partial charge in [-0.05, 0) is 80.9 Å². The topological polar surface area (TPSA) is 54.0 Å². The van der Waals surface area contributed by atoms with E-state index in [-0.39, 0.29) is 13.2 Å². The molecule has 174 valence electrons. The van der Waals surface area contributed by atoms with Gasteiger partial charge in [-0.25, -0.2) is 4.79 Å². The lowest BCUT2D eigenvalue weighted by molar-refractivity contribution is -0.0140. The van der Waals surface area contributed by atoms with E-state index < -0.39 is 11.6 Å². The SMILES string of the molecule is COc1ccc(-c2ccc3c(c2)-c2cc(-c4ccc(OC)cc4)ccc2C32COC(=O)OC2)cc1. The first-order valence-corrected chi connectivity index (χ1v) is 11.5. The summed E-state index contributed by atoms with van der Waals surface area (Å²) in [5.41, 5.74) is 8.40. The van der Waals surface area contributed by atoms with E-state index in [4.69, 9.17) is 18.9 Å². The monoisotopic (exact) mass is 464 g/mol. The zero-order chi connectivity index (χ0) is 24.0. The molecule has 4 aromatic carbocycles. The van der Waals surface area contributed by atoms with Crippen LogP contribution in [0.15, 0.2) is 84.9 Å². The molecule has 2 aliphatic rings. The quantitative estimate of drug-likeness (QED) is 0.324. The molecule has 0 radical (unpaired) electrons. The van der Waals surface area contributed by atoms with Gasteiger partial charge in [-0.15, -0.1) is 0 Å². The third-order valence-electron chi connectivity index (χ3n) is 7.08. The average molecular weight is 465 g/mol. The molecule has 5 nitrogen and oxygen atoms in total. The summed E-state index contributed by atoms with van der Waals surface area (Å²) in [5, 5.41) is 0. The van der Waals surface area contributed by atoms with Crippen molar-refractivity contribution in [2.24, 2.45) is 0 Å². The number of ether oxygens (including phenoxy) is 4. The van der Waals surface area contributed by atoms with Crippen LogP contribution in [0.2, 0.25) is 0 Å². The maximum atomic E-state index is 11.7. The first kappa shape index (κ1) is 21.3.